The molecule has 2 aromatic carbocycles. The molecule has 1 aromatic heterocycles. The zero-order valence-electron chi connectivity index (χ0n) is 10.0. The first-order chi connectivity index (χ1) is 9.25. The highest BCUT2D eigenvalue weighted by Gasteiger charge is 2.10. The minimum absolute atomic E-state index is 0.467. The monoisotopic (exact) mass is 267 g/mol. The zero-order chi connectivity index (χ0) is 13.2. The van der Waals surface area contributed by atoms with Crippen molar-refractivity contribution in [1.82, 2.24) is 4.98 Å². The van der Waals surface area contributed by atoms with Gasteiger partial charge in [0.15, 0.2) is 0 Å². The van der Waals surface area contributed by atoms with Gasteiger partial charge >= 0.3 is 0 Å². The van der Waals surface area contributed by atoms with Gasteiger partial charge in [-0.25, -0.2) is 0 Å². The fraction of sp³-hybridized carbons (Fsp3) is 0. The third-order valence-electron chi connectivity index (χ3n) is 3.09. The van der Waals surface area contributed by atoms with Crippen LogP contribution in [0.2, 0.25) is 0 Å². The van der Waals surface area contributed by atoms with Crippen LogP contribution in [0, 0.1) is 0 Å². The van der Waals surface area contributed by atoms with E-state index in [1.165, 1.54) is 0 Å². The maximum atomic E-state index is 11.4. The second kappa shape index (κ2) is 4.82. The van der Waals surface area contributed by atoms with Gasteiger partial charge in [-0.3, -0.25) is 9.78 Å². The van der Waals surface area contributed by atoms with Crippen molar-refractivity contribution < 1.29 is 4.79 Å². The molecule has 0 spiro atoms. The molecule has 0 aliphatic carbocycles. The Kier molecular flexibility index (Phi) is 3.02. The van der Waals surface area contributed by atoms with E-state index in [4.69, 9.17) is 11.6 Å². The number of benzene rings is 2. The molecule has 0 aliphatic heterocycles. The minimum Gasteiger partial charge on any atom is -0.276 e. The molecule has 92 valence electrons. The summed E-state index contributed by atoms with van der Waals surface area (Å²) >= 11 is 5.61. The Bertz CT molecular complexity index is 767. The second-order valence-electron chi connectivity index (χ2n) is 4.26. The van der Waals surface area contributed by atoms with E-state index < -0.39 is 5.24 Å². The number of carbonyl (C=O) groups is 1. The van der Waals surface area contributed by atoms with Crippen LogP contribution in [0.5, 0.6) is 0 Å². The normalized spacial score (nSPS) is 10.6. The second-order valence-corrected chi connectivity index (χ2v) is 4.60. The van der Waals surface area contributed by atoms with Crippen LogP contribution in [-0.4, -0.2) is 10.2 Å². The van der Waals surface area contributed by atoms with Gasteiger partial charge in [0.05, 0.1) is 0 Å². The molecule has 2 nitrogen and oxygen atoms in total. The van der Waals surface area contributed by atoms with E-state index in [9.17, 15) is 4.79 Å². The Morgan fingerprint density at radius 1 is 1.00 bits per heavy atom. The molecule has 0 atom stereocenters. The Balaban J connectivity index is 2.22. The van der Waals surface area contributed by atoms with Crippen LogP contribution in [0.25, 0.3) is 21.9 Å². The van der Waals surface area contributed by atoms with Gasteiger partial charge in [0.1, 0.15) is 0 Å². The van der Waals surface area contributed by atoms with E-state index in [1.54, 1.807) is 18.5 Å². The molecule has 19 heavy (non-hydrogen) atoms. The number of hydrogen-bond donors (Lipinski definition) is 0. The van der Waals surface area contributed by atoms with Crippen molar-refractivity contribution in [3.63, 3.8) is 0 Å². The molecule has 0 aliphatic rings. The molecule has 0 fully saturated rings. The van der Waals surface area contributed by atoms with Crippen LogP contribution < -0.4 is 0 Å². The van der Waals surface area contributed by atoms with Crippen molar-refractivity contribution >= 4 is 27.6 Å². The third-order valence-corrected chi connectivity index (χ3v) is 3.30. The van der Waals surface area contributed by atoms with Crippen LogP contribution >= 0.6 is 11.6 Å². The summed E-state index contributed by atoms with van der Waals surface area (Å²) in [5.74, 6) is 0. The Morgan fingerprint density at radius 3 is 2.58 bits per heavy atom. The summed E-state index contributed by atoms with van der Waals surface area (Å²) in [6, 6.07) is 15.8. The highest BCUT2D eigenvalue weighted by Crippen LogP contribution is 2.27. The number of rotatable bonds is 2. The molecule has 3 heteroatoms. The standard InChI is InChI=1S/C16H10ClNO/c17-16(19)14-7-8-18-10-15(14)13-6-5-11-3-1-2-4-12(11)9-13/h1-10H. The number of aromatic nitrogens is 1. The smallest absolute Gasteiger partial charge is 0.253 e. The predicted molar refractivity (Wildman–Crippen MR) is 77.4 cm³/mol. The van der Waals surface area contributed by atoms with Gasteiger partial charge in [0.25, 0.3) is 5.24 Å². The van der Waals surface area contributed by atoms with E-state index in [0.717, 1.165) is 21.9 Å². The van der Waals surface area contributed by atoms with Crippen molar-refractivity contribution in [3.8, 4) is 11.1 Å². The van der Waals surface area contributed by atoms with Gasteiger partial charge in [-0.15, -0.1) is 0 Å². The lowest BCUT2D eigenvalue weighted by atomic mass is 9.99. The Hall–Kier alpha value is -2.19. The van der Waals surface area contributed by atoms with E-state index >= 15 is 0 Å². The fourth-order valence-corrected chi connectivity index (χ4v) is 2.32. The molecular formula is C16H10ClNO. The topological polar surface area (TPSA) is 30.0 Å². The molecule has 0 unspecified atom stereocenters. The lowest BCUT2D eigenvalue weighted by Crippen LogP contribution is -1.94. The highest BCUT2D eigenvalue weighted by molar-refractivity contribution is 6.68. The quantitative estimate of drug-likeness (QED) is 0.649. The average molecular weight is 268 g/mol. The van der Waals surface area contributed by atoms with E-state index in [2.05, 4.69) is 11.1 Å². The lowest BCUT2D eigenvalue weighted by molar-refractivity contribution is 0.108. The first-order valence-electron chi connectivity index (χ1n) is 5.89. The number of nitrogens with zero attached hydrogens (tertiary/aromatic N) is 1. The SMILES string of the molecule is O=C(Cl)c1ccncc1-c1ccc2ccccc2c1. The minimum atomic E-state index is -0.467. The van der Waals surface area contributed by atoms with Gasteiger partial charge in [-0.2, -0.15) is 0 Å². The molecule has 1 heterocycles. The maximum Gasteiger partial charge on any atom is 0.253 e. The molecule has 0 saturated heterocycles. The van der Waals surface area contributed by atoms with Gasteiger partial charge in [-0.1, -0.05) is 36.4 Å². The maximum absolute atomic E-state index is 11.4. The van der Waals surface area contributed by atoms with Crippen LogP contribution in [0.4, 0.5) is 0 Å². The van der Waals surface area contributed by atoms with Crippen molar-refractivity contribution in [1.29, 1.82) is 0 Å². The Labute approximate surface area is 115 Å². The number of fused-ring (bicyclic) bond motifs is 1. The van der Waals surface area contributed by atoms with Gasteiger partial charge in [-0.05, 0) is 40.1 Å². The summed E-state index contributed by atoms with van der Waals surface area (Å²) in [5.41, 5.74) is 2.18. The van der Waals surface area contributed by atoms with Crippen molar-refractivity contribution in [2.45, 2.75) is 0 Å². The van der Waals surface area contributed by atoms with Crippen LogP contribution in [0.15, 0.2) is 60.9 Å². The summed E-state index contributed by atoms with van der Waals surface area (Å²) in [5, 5.41) is 1.82. The molecule has 0 amide bonds. The first-order valence-corrected chi connectivity index (χ1v) is 6.26. The number of halogens is 1. The van der Waals surface area contributed by atoms with Gasteiger partial charge in [0.2, 0.25) is 0 Å². The molecule has 0 bridgehead atoms. The molecule has 3 aromatic rings. The molecule has 0 radical (unpaired) electrons. The number of hydrogen-bond acceptors (Lipinski definition) is 2. The van der Waals surface area contributed by atoms with E-state index in [-0.39, 0.29) is 0 Å². The molecular weight excluding hydrogens is 258 g/mol. The summed E-state index contributed by atoms with van der Waals surface area (Å²) in [6.45, 7) is 0. The Morgan fingerprint density at radius 2 is 1.79 bits per heavy atom. The van der Waals surface area contributed by atoms with Crippen LogP contribution in [-0.2, 0) is 0 Å². The largest absolute Gasteiger partial charge is 0.276 e. The van der Waals surface area contributed by atoms with Crippen molar-refractivity contribution in [3.05, 3.63) is 66.5 Å². The van der Waals surface area contributed by atoms with Gasteiger partial charge < -0.3 is 0 Å². The van der Waals surface area contributed by atoms with Gasteiger partial charge in [0, 0.05) is 23.5 Å². The summed E-state index contributed by atoms with van der Waals surface area (Å²) < 4.78 is 0. The van der Waals surface area contributed by atoms with Crippen LogP contribution in [0.3, 0.4) is 0 Å². The predicted octanol–water partition coefficient (Wildman–Crippen LogP) is 4.28. The molecule has 0 saturated carbocycles. The van der Waals surface area contributed by atoms with Crippen molar-refractivity contribution in [2.24, 2.45) is 0 Å². The fourth-order valence-electron chi connectivity index (χ4n) is 2.15. The first kappa shape index (κ1) is 11.9. The van der Waals surface area contributed by atoms with E-state index in [0.29, 0.717) is 5.56 Å². The van der Waals surface area contributed by atoms with E-state index in [1.807, 2.05) is 36.4 Å². The summed E-state index contributed by atoms with van der Waals surface area (Å²) in [7, 11) is 0. The zero-order valence-corrected chi connectivity index (χ0v) is 10.8. The number of carbonyl (C=O) groups excluding carboxylic acids is 1. The summed E-state index contributed by atoms with van der Waals surface area (Å²) in [6.07, 6.45) is 3.24. The summed E-state index contributed by atoms with van der Waals surface area (Å²) in [4.78, 5) is 15.5. The lowest BCUT2D eigenvalue weighted by Gasteiger charge is -2.07. The highest BCUT2D eigenvalue weighted by atomic mass is 35.5. The van der Waals surface area contributed by atoms with Crippen LogP contribution in [0.1, 0.15) is 10.4 Å². The number of pyridine rings is 1. The third kappa shape index (κ3) is 2.23. The molecule has 3 rings (SSSR count). The molecule has 0 N–H and O–H groups in total. The average Bonchev–Trinajstić information content (AvgIpc) is 2.46. The van der Waals surface area contributed by atoms with Crippen molar-refractivity contribution in [2.75, 3.05) is 0 Å².